The van der Waals surface area contributed by atoms with E-state index in [0.29, 0.717) is 23.6 Å². The van der Waals surface area contributed by atoms with Gasteiger partial charge in [-0.3, -0.25) is 4.79 Å². The Kier molecular flexibility index (Phi) is 3.57. The van der Waals surface area contributed by atoms with Crippen LogP contribution in [0.1, 0.15) is 28.7 Å². The summed E-state index contributed by atoms with van der Waals surface area (Å²) < 4.78 is 10.2. The van der Waals surface area contributed by atoms with E-state index >= 15 is 0 Å². The van der Waals surface area contributed by atoms with Crippen molar-refractivity contribution >= 4 is 11.9 Å². The zero-order valence-corrected chi connectivity index (χ0v) is 11.0. The van der Waals surface area contributed by atoms with E-state index in [1.807, 2.05) is 0 Å². The lowest BCUT2D eigenvalue weighted by atomic mass is 10.1. The Labute approximate surface area is 110 Å². The van der Waals surface area contributed by atoms with Crippen LogP contribution in [-0.4, -0.2) is 52.3 Å². The number of hydrogen-bond acceptors (Lipinski definition) is 5. The van der Waals surface area contributed by atoms with Crippen LogP contribution < -0.4 is 0 Å². The van der Waals surface area contributed by atoms with Gasteiger partial charge >= 0.3 is 5.97 Å². The molecule has 1 fully saturated rings. The van der Waals surface area contributed by atoms with Gasteiger partial charge in [-0.25, -0.2) is 4.79 Å². The van der Waals surface area contributed by atoms with E-state index in [9.17, 15) is 9.59 Å². The Balaban J connectivity index is 2.21. The summed E-state index contributed by atoms with van der Waals surface area (Å²) in [4.78, 5) is 24.9. The van der Waals surface area contributed by atoms with E-state index in [0.717, 1.165) is 0 Å². The Morgan fingerprint density at radius 2 is 2.05 bits per heavy atom. The molecule has 0 spiro atoms. The van der Waals surface area contributed by atoms with Crippen LogP contribution in [0, 0.1) is 13.8 Å². The van der Waals surface area contributed by atoms with Gasteiger partial charge in [0.25, 0.3) is 5.91 Å². The van der Waals surface area contributed by atoms with Gasteiger partial charge in [0.1, 0.15) is 11.3 Å². The van der Waals surface area contributed by atoms with Crippen molar-refractivity contribution in [3.8, 4) is 0 Å². The van der Waals surface area contributed by atoms with E-state index < -0.39 is 12.1 Å². The molecule has 104 valence electrons. The number of carbonyl (C=O) groups excluding carboxylic acids is 1. The van der Waals surface area contributed by atoms with Crippen LogP contribution >= 0.6 is 0 Å². The van der Waals surface area contributed by atoms with Gasteiger partial charge < -0.3 is 19.3 Å². The third kappa shape index (κ3) is 2.60. The molecule has 1 aliphatic rings. The number of morpholine rings is 1. The van der Waals surface area contributed by atoms with Crippen LogP contribution in [0.25, 0.3) is 0 Å². The monoisotopic (exact) mass is 268 g/mol. The molecular weight excluding hydrogens is 252 g/mol. The van der Waals surface area contributed by atoms with E-state index in [-0.39, 0.29) is 18.6 Å². The first-order valence-corrected chi connectivity index (χ1v) is 6.00. The average Bonchev–Trinajstić information content (AvgIpc) is 2.67. The van der Waals surface area contributed by atoms with E-state index in [2.05, 4.69) is 5.16 Å². The summed E-state index contributed by atoms with van der Waals surface area (Å²) in [5.41, 5.74) is 0.909. The number of aromatic nitrogens is 1. The predicted octanol–water partition coefficient (Wildman–Crippen LogP) is 0.606. The molecule has 7 nitrogen and oxygen atoms in total. The van der Waals surface area contributed by atoms with E-state index in [1.165, 1.54) is 4.90 Å². The fourth-order valence-corrected chi connectivity index (χ4v) is 2.20. The van der Waals surface area contributed by atoms with E-state index in [4.69, 9.17) is 14.4 Å². The van der Waals surface area contributed by atoms with Gasteiger partial charge in [0.15, 0.2) is 6.10 Å². The van der Waals surface area contributed by atoms with Crippen molar-refractivity contribution in [1.29, 1.82) is 0 Å². The lowest BCUT2D eigenvalue weighted by Gasteiger charge is -2.34. The Hall–Kier alpha value is -1.89. The van der Waals surface area contributed by atoms with Crippen LogP contribution in [0.2, 0.25) is 0 Å². The van der Waals surface area contributed by atoms with Gasteiger partial charge in [0.2, 0.25) is 0 Å². The van der Waals surface area contributed by atoms with Crippen LogP contribution in [-0.2, 0) is 9.53 Å². The number of carboxylic acids is 1. The molecule has 0 aliphatic carbocycles. The van der Waals surface area contributed by atoms with Crippen molar-refractivity contribution in [2.24, 2.45) is 0 Å². The summed E-state index contributed by atoms with van der Waals surface area (Å²) in [5, 5.41) is 12.7. The molecule has 0 radical (unpaired) electrons. The summed E-state index contributed by atoms with van der Waals surface area (Å²) >= 11 is 0. The third-order valence-electron chi connectivity index (χ3n) is 3.07. The standard InChI is InChI=1S/C12H16N2O5/c1-6-4-14(5-9(18-6)12(16)17)11(15)10-7(2)13-19-8(10)3/h6,9H,4-5H2,1-3H3,(H,16,17)/t6-,9?/m1/s1. The highest BCUT2D eigenvalue weighted by atomic mass is 16.5. The normalized spacial score (nSPS) is 23.4. The largest absolute Gasteiger partial charge is 0.479 e. The molecule has 1 amide bonds. The van der Waals surface area contributed by atoms with Crippen LogP contribution in [0.3, 0.4) is 0 Å². The lowest BCUT2D eigenvalue weighted by Crippen LogP contribution is -2.51. The molecule has 7 heteroatoms. The minimum atomic E-state index is -1.07. The number of hydrogen-bond donors (Lipinski definition) is 1. The molecule has 0 saturated carbocycles. The maximum atomic E-state index is 12.4. The van der Waals surface area contributed by atoms with Gasteiger partial charge in [-0.05, 0) is 20.8 Å². The molecule has 0 bridgehead atoms. The third-order valence-corrected chi connectivity index (χ3v) is 3.07. The summed E-state index contributed by atoms with van der Waals surface area (Å²) in [6, 6.07) is 0. The molecule has 1 aromatic rings. The SMILES string of the molecule is Cc1noc(C)c1C(=O)N1CC(C(=O)O)O[C@H](C)C1. The lowest BCUT2D eigenvalue weighted by molar-refractivity contribution is -0.160. The fraction of sp³-hybridized carbons (Fsp3) is 0.583. The zero-order valence-electron chi connectivity index (χ0n) is 11.0. The van der Waals surface area contributed by atoms with Gasteiger partial charge in [-0.2, -0.15) is 0 Å². The number of amides is 1. The molecule has 1 unspecified atom stereocenters. The molecule has 1 aromatic heterocycles. The molecule has 1 N–H and O–H groups in total. The van der Waals surface area contributed by atoms with Crippen molar-refractivity contribution in [2.75, 3.05) is 13.1 Å². The van der Waals surface area contributed by atoms with Gasteiger partial charge in [0.05, 0.1) is 18.3 Å². The van der Waals surface area contributed by atoms with Crippen LogP contribution in [0.5, 0.6) is 0 Å². The van der Waals surface area contributed by atoms with Gasteiger partial charge in [0, 0.05) is 6.54 Å². The van der Waals surface area contributed by atoms with Crippen molar-refractivity contribution in [2.45, 2.75) is 33.0 Å². The molecule has 2 rings (SSSR count). The predicted molar refractivity (Wildman–Crippen MR) is 63.9 cm³/mol. The number of aryl methyl sites for hydroxylation is 2. The minimum absolute atomic E-state index is 0.0303. The highest BCUT2D eigenvalue weighted by molar-refractivity contribution is 5.96. The maximum absolute atomic E-state index is 12.4. The second kappa shape index (κ2) is 5.00. The second-order valence-electron chi connectivity index (χ2n) is 4.68. The fourth-order valence-electron chi connectivity index (χ4n) is 2.20. The number of carboxylic acid groups (broad SMARTS) is 1. The zero-order chi connectivity index (χ0) is 14.2. The van der Waals surface area contributed by atoms with Crippen molar-refractivity contribution in [1.82, 2.24) is 10.1 Å². The maximum Gasteiger partial charge on any atom is 0.334 e. The topological polar surface area (TPSA) is 92.9 Å². The summed E-state index contributed by atoms with van der Waals surface area (Å²) in [5.74, 6) is -0.894. The number of carbonyl (C=O) groups is 2. The van der Waals surface area contributed by atoms with Crippen molar-refractivity contribution < 1.29 is 24.0 Å². The quantitative estimate of drug-likeness (QED) is 0.844. The number of rotatable bonds is 2. The minimum Gasteiger partial charge on any atom is -0.479 e. The molecule has 1 aliphatic heterocycles. The summed E-state index contributed by atoms with van der Waals surface area (Å²) in [7, 11) is 0. The second-order valence-corrected chi connectivity index (χ2v) is 4.68. The summed E-state index contributed by atoms with van der Waals surface area (Å²) in [6.07, 6.45) is -1.31. The van der Waals surface area contributed by atoms with Crippen molar-refractivity contribution in [3.63, 3.8) is 0 Å². The molecular formula is C12H16N2O5. The first-order chi connectivity index (χ1) is 8.90. The first kappa shape index (κ1) is 13.5. The van der Waals surface area contributed by atoms with Crippen molar-refractivity contribution in [3.05, 3.63) is 17.0 Å². The smallest absolute Gasteiger partial charge is 0.334 e. The Morgan fingerprint density at radius 3 is 2.58 bits per heavy atom. The number of ether oxygens (including phenoxy) is 1. The van der Waals surface area contributed by atoms with E-state index in [1.54, 1.807) is 20.8 Å². The molecule has 0 aromatic carbocycles. The Bertz CT molecular complexity index is 491. The number of nitrogens with zero attached hydrogens (tertiary/aromatic N) is 2. The van der Waals surface area contributed by atoms with Crippen LogP contribution in [0.4, 0.5) is 0 Å². The summed E-state index contributed by atoms with van der Waals surface area (Å²) in [6.45, 7) is 5.46. The number of aliphatic carboxylic acids is 1. The molecule has 2 atom stereocenters. The molecule has 19 heavy (non-hydrogen) atoms. The first-order valence-electron chi connectivity index (χ1n) is 6.00. The van der Waals surface area contributed by atoms with Gasteiger partial charge in [-0.15, -0.1) is 0 Å². The Morgan fingerprint density at radius 1 is 1.37 bits per heavy atom. The highest BCUT2D eigenvalue weighted by Gasteiger charge is 2.34. The molecule has 2 heterocycles. The van der Waals surface area contributed by atoms with Crippen LogP contribution in [0.15, 0.2) is 4.52 Å². The molecule has 1 saturated heterocycles. The average molecular weight is 268 g/mol. The van der Waals surface area contributed by atoms with Gasteiger partial charge in [-0.1, -0.05) is 5.16 Å². The highest BCUT2D eigenvalue weighted by Crippen LogP contribution is 2.19.